The van der Waals surface area contributed by atoms with Gasteiger partial charge >= 0.3 is 0 Å². The Morgan fingerprint density at radius 2 is 1.61 bits per heavy atom. The SMILES string of the molecule is COc1cccc(N2CCN(C(=O)CCC(=O)N3Cc4cccn4-c4ccccc43)CC2)c1. The molecule has 1 fully saturated rings. The van der Waals surface area contributed by atoms with Crippen molar-refractivity contribution in [1.82, 2.24) is 9.47 Å². The van der Waals surface area contributed by atoms with E-state index in [-0.39, 0.29) is 24.7 Å². The van der Waals surface area contributed by atoms with Gasteiger partial charge in [-0.15, -0.1) is 0 Å². The highest BCUT2D eigenvalue weighted by molar-refractivity contribution is 5.97. The molecule has 0 N–H and O–H groups in total. The number of hydrogen-bond acceptors (Lipinski definition) is 4. The van der Waals surface area contributed by atoms with Gasteiger partial charge < -0.3 is 24.0 Å². The molecule has 0 saturated carbocycles. The van der Waals surface area contributed by atoms with E-state index >= 15 is 0 Å². The van der Waals surface area contributed by atoms with Crippen molar-refractivity contribution in [3.63, 3.8) is 0 Å². The van der Waals surface area contributed by atoms with E-state index < -0.39 is 0 Å². The predicted octanol–water partition coefficient (Wildman–Crippen LogP) is 3.46. The zero-order chi connectivity index (χ0) is 22.8. The minimum Gasteiger partial charge on any atom is -0.497 e. The number of carbonyl (C=O) groups is 2. The second-order valence-electron chi connectivity index (χ2n) is 8.41. The quantitative estimate of drug-likeness (QED) is 0.605. The largest absolute Gasteiger partial charge is 0.497 e. The van der Waals surface area contributed by atoms with Crippen LogP contribution in [0.2, 0.25) is 0 Å². The number of hydrogen-bond donors (Lipinski definition) is 0. The highest BCUT2D eigenvalue weighted by Gasteiger charge is 2.27. The average molecular weight is 445 g/mol. The summed E-state index contributed by atoms with van der Waals surface area (Å²) in [5.41, 5.74) is 4.06. The van der Waals surface area contributed by atoms with E-state index in [1.54, 1.807) is 12.0 Å². The Balaban J connectivity index is 1.17. The number of carbonyl (C=O) groups excluding carboxylic acids is 2. The van der Waals surface area contributed by atoms with Crippen molar-refractivity contribution in [3.8, 4) is 11.4 Å². The van der Waals surface area contributed by atoms with Crippen LogP contribution in [0.4, 0.5) is 11.4 Å². The number of aromatic nitrogens is 1. The van der Waals surface area contributed by atoms with E-state index in [1.807, 2.05) is 65.7 Å². The number of amides is 2. The van der Waals surface area contributed by atoms with E-state index in [2.05, 4.69) is 15.5 Å². The van der Waals surface area contributed by atoms with E-state index in [0.29, 0.717) is 19.6 Å². The minimum absolute atomic E-state index is 0.0155. The van der Waals surface area contributed by atoms with Gasteiger partial charge in [-0.3, -0.25) is 9.59 Å². The molecular formula is C26H28N4O3. The molecule has 0 aliphatic carbocycles. The monoisotopic (exact) mass is 444 g/mol. The Kier molecular flexibility index (Phi) is 5.77. The smallest absolute Gasteiger partial charge is 0.227 e. The molecule has 2 aliphatic rings. The van der Waals surface area contributed by atoms with Crippen LogP contribution >= 0.6 is 0 Å². The molecule has 3 heterocycles. The minimum atomic E-state index is -0.0155. The normalized spacial score (nSPS) is 15.1. The van der Waals surface area contributed by atoms with Crippen molar-refractivity contribution in [2.24, 2.45) is 0 Å². The predicted molar refractivity (Wildman–Crippen MR) is 128 cm³/mol. The summed E-state index contributed by atoms with van der Waals surface area (Å²) < 4.78 is 7.43. The number of nitrogens with zero attached hydrogens (tertiary/aromatic N) is 4. The summed E-state index contributed by atoms with van der Waals surface area (Å²) in [7, 11) is 1.66. The van der Waals surface area contributed by atoms with E-state index in [4.69, 9.17) is 4.74 Å². The van der Waals surface area contributed by atoms with Gasteiger partial charge in [0.25, 0.3) is 0 Å². The number of benzene rings is 2. The molecule has 1 aromatic heterocycles. The van der Waals surface area contributed by atoms with Crippen LogP contribution in [0.15, 0.2) is 66.9 Å². The number of para-hydroxylation sites is 2. The van der Waals surface area contributed by atoms with Crippen LogP contribution in [0.1, 0.15) is 18.5 Å². The summed E-state index contributed by atoms with van der Waals surface area (Å²) in [6.45, 7) is 3.37. The second kappa shape index (κ2) is 9.02. The van der Waals surface area contributed by atoms with Crippen LogP contribution in [0, 0.1) is 0 Å². The fourth-order valence-corrected chi connectivity index (χ4v) is 4.67. The van der Waals surface area contributed by atoms with Gasteiger partial charge in [0, 0.05) is 62.7 Å². The van der Waals surface area contributed by atoms with Crippen molar-refractivity contribution in [2.75, 3.05) is 43.1 Å². The Hall–Kier alpha value is -3.74. The zero-order valence-electron chi connectivity index (χ0n) is 18.8. The van der Waals surface area contributed by atoms with Crippen LogP contribution < -0.4 is 14.5 Å². The molecule has 5 rings (SSSR count). The summed E-state index contributed by atoms with van der Waals surface area (Å²) in [6, 6.07) is 19.9. The van der Waals surface area contributed by atoms with Gasteiger partial charge in [-0.1, -0.05) is 18.2 Å². The molecule has 0 unspecified atom stereocenters. The number of piperazine rings is 1. The molecule has 0 spiro atoms. The first-order valence-electron chi connectivity index (χ1n) is 11.4. The van der Waals surface area contributed by atoms with Crippen LogP contribution in [-0.4, -0.2) is 54.6 Å². The fourth-order valence-electron chi connectivity index (χ4n) is 4.67. The van der Waals surface area contributed by atoms with Crippen molar-refractivity contribution in [3.05, 3.63) is 72.6 Å². The molecule has 2 amide bonds. The van der Waals surface area contributed by atoms with Crippen molar-refractivity contribution < 1.29 is 14.3 Å². The number of anilines is 2. The Morgan fingerprint density at radius 1 is 0.848 bits per heavy atom. The molecule has 0 atom stereocenters. The third-order valence-electron chi connectivity index (χ3n) is 6.49. The lowest BCUT2D eigenvalue weighted by atomic mass is 10.1. The summed E-state index contributed by atoms with van der Waals surface area (Å²) in [5, 5.41) is 0. The summed E-state index contributed by atoms with van der Waals surface area (Å²) in [5.74, 6) is 0.858. The number of rotatable bonds is 5. The van der Waals surface area contributed by atoms with Crippen LogP contribution in [-0.2, 0) is 16.1 Å². The maximum absolute atomic E-state index is 13.1. The number of ether oxygens (including phenoxy) is 1. The van der Waals surface area contributed by atoms with Crippen LogP contribution in [0.5, 0.6) is 5.75 Å². The first-order chi connectivity index (χ1) is 16.1. The molecule has 0 bridgehead atoms. The van der Waals surface area contributed by atoms with E-state index in [0.717, 1.165) is 41.6 Å². The van der Waals surface area contributed by atoms with Crippen molar-refractivity contribution in [2.45, 2.75) is 19.4 Å². The first kappa shape index (κ1) is 21.1. The fraction of sp³-hybridized carbons (Fsp3) is 0.308. The molecular weight excluding hydrogens is 416 g/mol. The molecule has 0 radical (unpaired) electrons. The first-order valence-corrected chi connectivity index (χ1v) is 11.4. The third-order valence-corrected chi connectivity index (χ3v) is 6.49. The van der Waals surface area contributed by atoms with Crippen LogP contribution in [0.3, 0.4) is 0 Å². The van der Waals surface area contributed by atoms with Gasteiger partial charge in [-0.05, 0) is 36.4 Å². The van der Waals surface area contributed by atoms with E-state index in [9.17, 15) is 9.59 Å². The topological polar surface area (TPSA) is 58.0 Å². The molecule has 7 heteroatoms. The summed E-state index contributed by atoms with van der Waals surface area (Å²) in [4.78, 5) is 31.9. The highest BCUT2D eigenvalue weighted by atomic mass is 16.5. The molecule has 1 saturated heterocycles. The molecule has 33 heavy (non-hydrogen) atoms. The molecule has 2 aromatic carbocycles. The highest BCUT2D eigenvalue weighted by Crippen LogP contribution is 2.32. The van der Waals surface area contributed by atoms with Crippen LogP contribution in [0.25, 0.3) is 5.69 Å². The van der Waals surface area contributed by atoms with Crippen molar-refractivity contribution in [1.29, 1.82) is 0 Å². The Morgan fingerprint density at radius 3 is 2.39 bits per heavy atom. The maximum atomic E-state index is 13.1. The average Bonchev–Trinajstić information content (AvgIpc) is 3.36. The molecule has 2 aliphatic heterocycles. The van der Waals surface area contributed by atoms with Crippen molar-refractivity contribution >= 4 is 23.2 Å². The lowest BCUT2D eigenvalue weighted by Gasteiger charge is -2.36. The number of fused-ring (bicyclic) bond motifs is 3. The van der Waals surface area contributed by atoms with Gasteiger partial charge in [0.1, 0.15) is 5.75 Å². The van der Waals surface area contributed by atoms with E-state index in [1.165, 1.54) is 0 Å². The standard InChI is InChI=1S/C26H28N4O3/c1-33-22-8-4-6-20(18-22)27-14-16-28(17-15-27)25(31)11-12-26(32)30-19-21-7-5-13-29(21)23-9-2-3-10-24(23)30/h2-10,13,18H,11-12,14-17,19H2,1H3. The Bertz CT molecular complexity index is 1160. The van der Waals surface area contributed by atoms with Gasteiger partial charge in [0.05, 0.1) is 25.0 Å². The van der Waals surface area contributed by atoms with Gasteiger partial charge in [-0.25, -0.2) is 0 Å². The summed E-state index contributed by atoms with van der Waals surface area (Å²) in [6.07, 6.45) is 2.46. The molecule has 3 aromatic rings. The lowest BCUT2D eigenvalue weighted by Crippen LogP contribution is -2.49. The third kappa shape index (κ3) is 4.18. The second-order valence-corrected chi connectivity index (χ2v) is 8.41. The lowest BCUT2D eigenvalue weighted by molar-refractivity contribution is -0.133. The maximum Gasteiger partial charge on any atom is 0.227 e. The number of methoxy groups -OCH3 is 1. The molecule has 7 nitrogen and oxygen atoms in total. The summed E-state index contributed by atoms with van der Waals surface area (Å²) >= 11 is 0. The zero-order valence-corrected chi connectivity index (χ0v) is 18.8. The molecule has 170 valence electrons. The Labute approximate surface area is 193 Å². The van der Waals surface area contributed by atoms with Gasteiger partial charge in [-0.2, -0.15) is 0 Å². The van der Waals surface area contributed by atoms with Gasteiger partial charge in [0.2, 0.25) is 11.8 Å². The van der Waals surface area contributed by atoms with Gasteiger partial charge in [0.15, 0.2) is 0 Å².